The van der Waals surface area contributed by atoms with Crippen molar-refractivity contribution in [3.05, 3.63) is 46.7 Å². The SMILES string of the molecule is CN1CC=C(n2ccc3cc([N+](=O)[O-])ccc32)CC1. The van der Waals surface area contributed by atoms with Gasteiger partial charge < -0.3 is 9.47 Å². The third-order valence-corrected chi connectivity index (χ3v) is 3.58. The van der Waals surface area contributed by atoms with Crippen LogP contribution in [0, 0.1) is 10.1 Å². The van der Waals surface area contributed by atoms with Gasteiger partial charge in [0.1, 0.15) is 0 Å². The average molecular weight is 257 g/mol. The first kappa shape index (κ1) is 11.9. The summed E-state index contributed by atoms with van der Waals surface area (Å²) in [5.74, 6) is 0. The molecule has 1 aromatic heterocycles. The molecule has 2 heterocycles. The zero-order valence-electron chi connectivity index (χ0n) is 10.7. The minimum absolute atomic E-state index is 0.141. The van der Waals surface area contributed by atoms with Crippen LogP contribution >= 0.6 is 0 Å². The molecule has 98 valence electrons. The van der Waals surface area contributed by atoms with E-state index in [1.165, 1.54) is 5.70 Å². The number of nitrogens with zero attached hydrogens (tertiary/aromatic N) is 3. The summed E-state index contributed by atoms with van der Waals surface area (Å²) in [6.07, 6.45) is 5.20. The van der Waals surface area contributed by atoms with Crippen molar-refractivity contribution in [1.82, 2.24) is 9.47 Å². The summed E-state index contributed by atoms with van der Waals surface area (Å²) in [5, 5.41) is 11.7. The molecule has 0 unspecified atom stereocenters. The van der Waals surface area contributed by atoms with Crippen molar-refractivity contribution in [2.45, 2.75) is 6.42 Å². The van der Waals surface area contributed by atoms with Crippen LogP contribution < -0.4 is 0 Å². The number of rotatable bonds is 2. The standard InChI is InChI=1S/C14H15N3O2/c1-15-7-5-12(6-8-15)16-9-4-11-10-13(17(18)19)2-3-14(11)16/h2-5,9-10H,6-8H2,1H3. The molecule has 0 saturated carbocycles. The van der Waals surface area contributed by atoms with Crippen LogP contribution in [-0.4, -0.2) is 34.5 Å². The molecule has 1 aliphatic heterocycles. The van der Waals surface area contributed by atoms with Crippen molar-refractivity contribution in [2.24, 2.45) is 0 Å². The summed E-state index contributed by atoms with van der Waals surface area (Å²) < 4.78 is 2.13. The Kier molecular flexibility index (Phi) is 2.83. The molecule has 0 N–H and O–H groups in total. The minimum atomic E-state index is -0.356. The molecule has 0 fully saturated rings. The molecule has 1 aromatic carbocycles. The highest BCUT2D eigenvalue weighted by Crippen LogP contribution is 2.26. The normalized spacial score (nSPS) is 16.6. The number of likely N-dealkylation sites (N-methyl/N-ethyl adjacent to an activating group) is 1. The van der Waals surface area contributed by atoms with Gasteiger partial charge in [-0.15, -0.1) is 0 Å². The Morgan fingerprint density at radius 3 is 2.84 bits per heavy atom. The first-order valence-electron chi connectivity index (χ1n) is 6.28. The summed E-state index contributed by atoms with van der Waals surface area (Å²) >= 11 is 0. The van der Waals surface area contributed by atoms with Crippen LogP contribution in [0.3, 0.4) is 0 Å². The Morgan fingerprint density at radius 2 is 2.16 bits per heavy atom. The van der Waals surface area contributed by atoms with Crippen LogP contribution in [0.15, 0.2) is 36.5 Å². The molecule has 3 rings (SSSR count). The van der Waals surface area contributed by atoms with Crippen LogP contribution in [0.5, 0.6) is 0 Å². The van der Waals surface area contributed by atoms with E-state index in [2.05, 4.69) is 22.6 Å². The maximum absolute atomic E-state index is 10.8. The van der Waals surface area contributed by atoms with Crippen LogP contribution in [-0.2, 0) is 0 Å². The molecule has 2 aromatic rings. The Balaban J connectivity index is 2.04. The fraction of sp³-hybridized carbons (Fsp3) is 0.286. The van der Waals surface area contributed by atoms with Crippen molar-refractivity contribution in [2.75, 3.05) is 20.1 Å². The number of nitro groups is 1. The second-order valence-corrected chi connectivity index (χ2v) is 4.89. The summed E-state index contributed by atoms with van der Waals surface area (Å²) in [7, 11) is 2.10. The predicted octanol–water partition coefficient (Wildman–Crippen LogP) is 2.73. The van der Waals surface area contributed by atoms with Crippen LogP contribution in [0.25, 0.3) is 16.6 Å². The van der Waals surface area contributed by atoms with Gasteiger partial charge in [0.05, 0.1) is 10.4 Å². The first-order valence-corrected chi connectivity index (χ1v) is 6.28. The zero-order chi connectivity index (χ0) is 13.4. The van der Waals surface area contributed by atoms with Crippen LogP contribution in [0.4, 0.5) is 5.69 Å². The van der Waals surface area contributed by atoms with Crippen molar-refractivity contribution in [1.29, 1.82) is 0 Å². The highest BCUT2D eigenvalue weighted by molar-refractivity contribution is 5.85. The lowest BCUT2D eigenvalue weighted by molar-refractivity contribution is -0.384. The van der Waals surface area contributed by atoms with E-state index < -0.39 is 0 Å². The zero-order valence-corrected chi connectivity index (χ0v) is 10.7. The highest BCUT2D eigenvalue weighted by Gasteiger charge is 2.13. The topological polar surface area (TPSA) is 51.3 Å². The van der Waals surface area contributed by atoms with E-state index in [0.29, 0.717) is 0 Å². The molecule has 0 amide bonds. The van der Waals surface area contributed by atoms with Gasteiger partial charge in [-0.1, -0.05) is 6.08 Å². The van der Waals surface area contributed by atoms with E-state index in [0.717, 1.165) is 30.4 Å². The number of aromatic nitrogens is 1. The molecular weight excluding hydrogens is 242 g/mol. The second-order valence-electron chi connectivity index (χ2n) is 4.89. The van der Waals surface area contributed by atoms with E-state index in [1.54, 1.807) is 12.1 Å². The Morgan fingerprint density at radius 1 is 1.32 bits per heavy atom. The van der Waals surface area contributed by atoms with Gasteiger partial charge >= 0.3 is 0 Å². The van der Waals surface area contributed by atoms with E-state index in [4.69, 9.17) is 0 Å². The summed E-state index contributed by atoms with van der Waals surface area (Å²) in [5.41, 5.74) is 2.44. The number of fused-ring (bicyclic) bond motifs is 1. The van der Waals surface area contributed by atoms with Crippen LogP contribution in [0.1, 0.15) is 6.42 Å². The number of benzene rings is 1. The van der Waals surface area contributed by atoms with Gasteiger partial charge in [-0.05, 0) is 19.2 Å². The minimum Gasteiger partial charge on any atom is -0.321 e. The molecule has 1 aliphatic rings. The third kappa shape index (κ3) is 2.13. The molecule has 0 aliphatic carbocycles. The van der Waals surface area contributed by atoms with Gasteiger partial charge in [0.2, 0.25) is 0 Å². The van der Waals surface area contributed by atoms with Gasteiger partial charge in [0.15, 0.2) is 0 Å². The number of hydrogen-bond acceptors (Lipinski definition) is 3. The summed E-state index contributed by atoms with van der Waals surface area (Å²) in [6.45, 7) is 1.99. The number of nitro benzene ring substituents is 1. The lowest BCUT2D eigenvalue weighted by Crippen LogP contribution is -2.24. The smallest absolute Gasteiger partial charge is 0.270 e. The first-order chi connectivity index (χ1) is 9.15. The van der Waals surface area contributed by atoms with Gasteiger partial charge in [0.25, 0.3) is 5.69 Å². The van der Waals surface area contributed by atoms with E-state index in [-0.39, 0.29) is 10.6 Å². The van der Waals surface area contributed by atoms with Crippen molar-refractivity contribution in [3.63, 3.8) is 0 Å². The summed E-state index contributed by atoms with van der Waals surface area (Å²) in [6, 6.07) is 6.95. The Labute approximate surface area is 110 Å². The quantitative estimate of drug-likeness (QED) is 0.614. The lowest BCUT2D eigenvalue weighted by Gasteiger charge is -2.23. The maximum Gasteiger partial charge on any atom is 0.270 e. The van der Waals surface area contributed by atoms with Crippen molar-refractivity contribution in [3.8, 4) is 0 Å². The summed E-state index contributed by atoms with van der Waals surface area (Å²) in [4.78, 5) is 12.7. The molecular formula is C14H15N3O2. The highest BCUT2D eigenvalue weighted by atomic mass is 16.6. The Hall–Kier alpha value is -2.14. The van der Waals surface area contributed by atoms with Crippen LogP contribution in [0.2, 0.25) is 0 Å². The average Bonchev–Trinajstić information content (AvgIpc) is 2.82. The largest absolute Gasteiger partial charge is 0.321 e. The molecule has 0 saturated heterocycles. The predicted molar refractivity (Wildman–Crippen MR) is 75.0 cm³/mol. The fourth-order valence-electron chi connectivity index (χ4n) is 2.47. The van der Waals surface area contributed by atoms with Crippen molar-refractivity contribution >= 4 is 22.3 Å². The molecule has 0 bridgehead atoms. The van der Waals surface area contributed by atoms with E-state index in [1.807, 2.05) is 18.3 Å². The van der Waals surface area contributed by atoms with Gasteiger partial charge in [-0.2, -0.15) is 0 Å². The third-order valence-electron chi connectivity index (χ3n) is 3.58. The lowest BCUT2D eigenvalue weighted by atomic mass is 10.2. The Bertz CT molecular complexity index is 672. The number of non-ortho nitro benzene ring substituents is 1. The second kappa shape index (κ2) is 4.51. The molecule has 19 heavy (non-hydrogen) atoms. The van der Waals surface area contributed by atoms with Gasteiger partial charge in [-0.25, -0.2) is 0 Å². The molecule has 5 nitrogen and oxygen atoms in total. The molecule has 0 spiro atoms. The maximum atomic E-state index is 10.8. The number of hydrogen-bond donors (Lipinski definition) is 0. The fourth-order valence-corrected chi connectivity index (χ4v) is 2.47. The molecule has 5 heteroatoms. The van der Waals surface area contributed by atoms with Gasteiger partial charge in [0, 0.05) is 48.9 Å². The molecule has 0 atom stereocenters. The van der Waals surface area contributed by atoms with E-state index in [9.17, 15) is 10.1 Å². The van der Waals surface area contributed by atoms with E-state index >= 15 is 0 Å². The van der Waals surface area contributed by atoms with Gasteiger partial charge in [-0.3, -0.25) is 10.1 Å². The monoisotopic (exact) mass is 257 g/mol. The molecule has 0 radical (unpaired) electrons. The van der Waals surface area contributed by atoms with Crippen molar-refractivity contribution < 1.29 is 4.92 Å².